The Morgan fingerprint density at radius 2 is 1.82 bits per heavy atom. The van der Waals surface area contributed by atoms with Crippen LogP contribution in [-0.4, -0.2) is 34.5 Å². The minimum Gasteiger partial charge on any atom is -0.493 e. The number of furan rings is 1. The number of carbonyl (C=O) groups excluding carboxylic acids is 1. The predicted molar refractivity (Wildman–Crippen MR) is 125 cm³/mol. The molecule has 0 atom stereocenters. The van der Waals surface area contributed by atoms with Crippen molar-refractivity contribution in [2.75, 3.05) is 6.61 Å². The lowest BCUT2D eigenvalue weighted by Gasteiger charge is -2.24. The average molecular weight is 450 g/mol. The molecule has 1 aromatic heterocycles. The molecule has 1 N–H and O–H groups in total. The van der Waals surface area contributed by atoms with E-state index in [1.54, 1.807) is 60.9 Å². The van der Waals surface area contributed by atoms with Crippen molar-refractivity contribution in [1.82, 2.24) is 4.90 Å². The standard InChI is InChI=1S/C27H29NO5/c29-26(30)10-2-1-5-17-33-25-8-4-3-7-23(25)27(31)28(22-15-16-22)19-20-11-13-21(14-12-20)24-9-6-18-32-24/h3-4,6-9,11-14,18,22H,1-2,5,10,15-17,19H2,(H,29,30)/i19D2. The second-order valence-corrected chi connectivity index (χ2v) is 8.12. The van der Waals surface area contributed by atoms with E-state index in [9.17, 15) is 9.59 Å². The number of carbonyl (C=O) groups is 2. The molecule has 0 spiro atoms. The Morgan fingerprint density at radius 3 is 2.52 bits per heavy atom. The van der Waals surface area contributed by atoms with Crippen molar-refractivity contribution in [3.05, 3.63) is 78.1 Å². The van der Waals surface area contributed by atoms with Crippen LogP contribution in [0.2, 0.25) is 0 Å². The highest BCUT2D eigenvalue weighted by Crippen LogP contribution is 2.32. The Labute approximate surface area is 196 Å². The molecule has 0 aliphatic heterocycles. The minimum absolute atomic E-state index is 0.128. The molecule has 3 aromatic rings. The molecular weight excluding hydrogens is 418 g/mol. The molecule has 1 amide bonds. The third kappa shape index (κ3) is 6.25. The molecule has 1 saturated carbocycles. The lowest BCUT2D eigenvalue weighted by atomic mass is 10.1. The molecule has 0 radical (unpaired) electrons. The number of nitrogens with zero attached hydrogens (tertiary/aromatic N) is 1. The summed E-state index contributed by atoms with van der Waals surface area (Å²) in [7, 11) is 0. The quantitative estimate of drug-likeness (QED) is 0.355. The van der Waals surface area contributed by atoms with Crippen LogP contribution in [0.3, 0.4) is 0 Å². The second kappa shape index (κ2) is 10.9. The van der Waals surface area contributed by atoms with Crippen molar-refractivity contribution in [2.45, 2.75) is 51.1 Å². The van der Waals surface area contributed by atoms with Gasteiger partial charge in [0.2, 0.25) is 0 Å². The van der Waals surface area contributed by atoms with E-state index in [0.717, 1.165) is 18.4 Å². The van der Waals surface area contributed by atoms with E-state index < -0.39 is 18.4 Å². The molecule has 1 heterocycles. The van der Waals surface area contributed by atoms with Crippen LogP contribution < -0.4 is 4.74 Å². The number of hydrogen-bond acceptors (Lipinski definition) is 4. The number of carboxylic acid groups (broad SMARTS) is 1. The summed E-state index contributed by atoms with van der Waals surface area (Å²) in [6.45, 7) is -1.65. The van der Waals surface area contributed by atoms with Crippen LogP contribution in [0.1, 0.15) is 57.2 Å². The molecule has 33 heavy (non-hydrogen) atoms. The van der Waals surface area contributed by atoms with Gasteiger partial charge in [-0.15, -0.1) is 0 Å². The van der Waals surface area contributed by atoms with Gasteiger partial charge in [-0.2, -0.15) is 0 Å². The van der Waals surface area contributed by atoms with Gasteiger partial charge in [0.1, 0.15) is 11.5 Å². The fourth-order valence-electron chi connectivity index (χ4n) is 3.57. The molecule has 1 fully saturated rings. The van der Waals surface area contributed by atoms with Crippen molar-refractivity contribution < 1.29 is 26.6 Å². The number of aliphatic carboxylic acids is 1. The molecule has 4 rings (SSSR count). The van der Waals surface area contributed by atoms with Crippen LogP contribution >= 0.6 is 0 Å². The Hall–Kier alpha value is -3.54. The average Bonchev–Trinajstić information content (AvgIpc) is 3.51. The Kier molecular flexibility index (Phi) is 6.61. The molecule has 1 aliphatic carbocycles. The molecule has 0 unspecified atom stereocenters. The zero-order valence-electron chi connectivity index (χ0n) is 20.4. The van der Waals surface area contributed by atoms with E-state index in [1.807, 2.05) is 6.07 Å². The van der Waals surface area contributed by atoms with Crippen molar-refractivity contribution in [3.63, 3.8) is 0 Å². The van der Waals surface area contributed by atoms with Gasteiger partial charge in [-0.3, -0.25) is 9.59 Å². The maximum absolute atomic E-state index is 13.7. The van der Waals surface area contributed by atoms with Gasteiger partial charge in [-0.05, 0) is 61.9 Å². The lowest BCUT2D eigenvalue weighted by Crippen LogP contribution is -2.33. The highest BCUT2D eigenvalue weighted by molar-refractivity contribution is 5.97. The molecule has 1 aliphatic rings. The Morgan fingerprint density at radius 1 is 1.03 bits per heavy atom. The first kappa shape index (κ1) is 20.1. The molecule has 6 nitrogen and oxygen atoms in total. The molecule has 2 aromatic carbocycles. The monoisotopic (exact) mass is 449 g/mol. The first-order valence-electron chi connectivity index (χ1n) is 12.3. The lowest BCUT2D eigenvalue weighted by molar-refractivity contribution is -0.137. The van der Waals surface area contributed by atoms with E-state index in [2.05, 4.69) is 0 Å². The van der Waals surface area contributed by atoms with Crippen molar-refractivity contribution >= 4 is 11.9 Å². The first-order chi connectivity index (χ1) is 16.9. The van der Waals surface area contributed by atoms with E-state index in [1.165, 1.54) is 4.90 Å². The van der Waals surface area contributed by atoms with E-state index in [-0.39, 0.29) is 12.5 Å². The van der Waals surface area contributed by atoms with Gasteiger partial charge in [0.05, 0.1) is 21.2 Å². The molecule has 0 saturated heterocycles. The van der Waals surface area contributed by atoms with Gasteiger partial charge in [0.15, 0.2) is 0 Å². The third-order valence-electron chi connectivity index (χ3n) is 5.48. The summed E-state index contributed by atoms with van der Waals surface area (Å²) in [5.41, 5.74) is 1.55. The number of hydrogen-bond donors (Lipinski definition) is 1. The highest BCUT2D eigenvalue weighted by Gasteiger charge is 2.34. The van der Waals surface area contributed by atoms with Gasteiger partial charge in [-0.1, -0.05) is 36.4 Å². The number of ether oxygens (including phenoxy) is 1. The number of amides is 1. The second-order valence-electron chi connectivity index (χ2n) is 8.12. The minimum atomic E-state index is -2.01. The van der Waals surface area contributed by atoms with Gasteiger partial charge in [-0.25, -0.2) is 0 Å². The molecule has 172 valence electrons. The van der Waals surface area contributed by atoms with Gasteiger partial charge in [0.25, 0.3) is 5.91 Å². The SMILES string of the molecule is [2H]C([2H])(c1ccc(-c2ccco2)cc1)N(C(=O)c1ccccc1OCCCCCC(=O)O)C1CC1. The summed E-state index contributed by atoms with van der Waals surface area (Å²) in [5.74, 6) is -0.118. The smallest absolute Gasteiger partial charge is 0.303 e. The molecule has 6 heteroatoms. The number of carboxylic acids is 1. The molecular formula is C27H29NO5. The van der Waals surface area contributed by atoms with Crippen LogP contribution in [-0.2, 0) is 11.3 Å². The van der Waals surface area contributed by atoms with Crippen molar-refractivity contribution in [3.8, 4) is 17.1 Å². The topological polar surface area (TPSA) is 80.0 Å². The first-order valence-corrected chi connectivity index (χ1v) is 11.3. The maximum atomic E-state index is 13.7. The number of benzene rings is 2. The zero-order valence-corrected chi connectivity index (χ0v) is 18.4. The Bertz CT molecular complexity index is 1140. The third-order valence-corrected chi connectivity index (χ3v) is 5.48. The van der Waals surface area contributed by atoms with Crippen LogP contribution in [0, 0.1) is 0 Å². The maximum Gasteiger partial charge on any atom is 0.303 e. The summed E-state index contributed by atoms with van der Waals surface area (Å²) in [5, 5.41) is 8.74. The van der Waals surface area contributed by atoms with Crippen molar-refractivity contribution in [2.24, 2.45) is 0 Å². The fraction of sp³-hybridized carbons (Fsp3) is 0.333. The van der Waals surface area contributed by atoms with Crippen LogP contribution in [0.4, 0.5) is 0 Å². The van der Waals surface area contributed by atoms with Crippen LogP contribution in [0.5, 0.6) is 5.75 Å². The van der Waals surface area contributed by atoms with E-state index in [0.29, 0.717) is 48.5 Å². The normalized spacial score (nSPS) is 14.3. The summed E-state index contributed by atoms with van der Waals surface area (Å²) >= 11 is 0. The number of rotatable bonds is 12. The Balaban J connectivity index is 1.49. The summed E-state index contributed by atoms with van der Waals surface area (Å²) in [6, 6.07) is 17.3. The van der Waals surface area contributed by atoms with E-state index >= 15 is 0 Å². The summed E-state index contributed by atoms with van der Waals surface area (Å²) in [6.07, 6.45) is 5.19. The van der Waals surface area contributed by atoms with Gasteiger partial charge >= 0.3 is 5.97 Å². The van der Waals surface area contributed by atoms with E-state index in [4.69, 9.17) is 17.0 Å². The van der Waals surface area contributed by atoms with Crippen molar-refractivity contribution in [1.29, 1.82) is 0 Å². The van der Waals surface area contributed by atoms with Crippen LogP contribution in [0.15, 0.2) is 71.3 Å². The largest absolute Gasteiger partial charge is 0.493 e. The van der Waals surface area contributed by atoms with Gasteiger partial charge in [0, 0.05) is 24.5 Å². The van der Waals surface area contributed by atoms with Gasteiger partial charge < -0.3 is 19.2 Å². The van der Waals surface area contributed by atoms with Crippen LogP contribution in [0.25, 0.3) is 11.3 Å². The number of para-hydroxylation sites is 1. The summed E-state index contributed by atoms with van der Waals surface area (Å²) in [4.78, 5) is 25.6. The zero-order chi connectivity index (χ0) is 24.8. The summed E-state index contributed by atoms with van der Waals surface area (Å²) < 4.78 is 29.1. The highest BCUT2D eigenvalue weighted by atomic mass is 16.5. The number of unbranched alkanes of at least 4 members (excludes halogenated alkanes) is 2. The fourth-order valence-corrected chi connectivity index (χ4v) is 3.57. The molecule has 0 bridgehead atoms. The predicted octanol–water partition coefficient (Wildman–Crippen LogP) is 5.78.